The molecule has 1 atom stereocenters. The second kappa shape index (κ2) is 6.41. The molecule has 1 aliphatic heterocycles. The Bertz CT molecular complexity index is 500. The van der Waals surface area contributed by atoms with Gasteiger partial charge in [0, 0.05) is 6.54 Å². The van der Waals surface area contributed by atoms with Crippen LogP contribution in [-0.4, -0.2) is 43.6 Å². The molecule has 1 heterocycles. The minimum absolute atomic E-state index is 0.183. The van der Waals surface area contributed by atoms with E-state index in [9.17, 15) is 9.59 Å². The summed E-state index contributed by atoms with van der Waals surface area (Å²) in [6.45, 7) is 0.566. The molecule has 0 aromatic heterocycles. The van der Waals surface area contributed by atoms with Crippen molar-refractivity contribution in [2.75, 3.05) is 20.8 Å². The highest BCUT2D eigenvalue weighted by atomic mass is 16.5. The Morgan fingerprint density at radius 2 is 1.95 bits per heavy atom. The maximum absolute atomic E-state index is 12.6. The van der Waals surface area contributed by atoms with Crippen molar-refractivity contribution in [3.63, 3.8) is 0 Å². The van der Waals surface area contributed by atoms with Gasteiger partial charge >= 0.3 is 5.97 Å². The molecule has 1 aromatic carbocycles. The van der Waals surface area contributed by atoms with E-state index in [1.807, 2.05) is 6.07 Å². The number of hydrogen-bond donors (Lipinski definition) is 0. The number of likely N-dealkylation sites (tertiary alicyclic amines) is 1. The fraction of sp³-hybridized carbons (Fsp3) is 0.467. The lowest BCUT2D eigenvalue weighted by Crippen LogP contribution is -2.48. The van der Waals surface area contributed by atoms with Crippen molar-refractivity contribution in [3.8, 4) is 5.75 Å². The molecule has 1 aliphatic rings. The molecule has 1 fully saturated rings. The minimum atomic E-state index is -0.494. The summed E-state index contributed by atoms with van der Waals surface area (Å²) in [5, 5.41) is 0. The SMILES string of the molecule is COC(=O)C1CCCCN1C(=O)c1ccccc1OC. The summed E-state index contributed by atoms with van der Waals surface area (Å²) in [4.78, 5) is 26.1. The van der Waals surface area contributed by atoms with Crippen LogP contribution >= 0.6 is 0 Å². The van der Waals surface area contributed by atoms with E-state index in [-0.39, 0.29) is 11.9 Å². The van der Waals surface area contributed by atoms with Crippen molar-refractivity contribution >= 4 is 11.9 Å². The number of piperidine rings is 1. The number of esters is 1. The number of benzene rings is 1. The molecule has 5 nitrogen and oxygen atoms in total. The molecule has 1 amide bonds. The van der Waals surface area contributed by atoms with Gasteiger partial charge in [0.25, 0.3) is 5.91 Å². The number of para-hydroxylation sites is 1. The molecule has 1 unspecified atom stereocenters. The molecule has 0 bridgehead atoms. The smallest absolute Gasteiger partial charge is 0.328 e. The third kappa shape index (κ3) is 2.76. The van der Waals surface area contributed by atoms with Crippen molar-refractivity contribution in [3.05, 3.63) is 29.8 Å². The molecule has 0 spiro atoms. The Balaban J connectivity index is 2.27. The van der Waals surface area contributed by atoms with Crippen molar-refractivity contribution in [2.45, 2.75) is 25.3 Å². The molecular formula is C15H19NO4. The van der Waals surface area contributed by atoms with Crippen molar-refractivity contribution < 1.29 is 19.1 Å². The first kappa shape index (κ1) is 14.4. The van der Waals surface area contributed by atoms with Gasteiger partial charge in [0.05, 0.1) is 19.8 Å². The molecule has 0 N–H and O–H groups in total. The number of hydrogen-bond acceptors (Lipinski definition) is 4. The molecule has 108 valence electrons. The first-order chi connectivity index (χ1) is 9.69. The fourth-order valence-corrected chi connectivity index (χ4v) is 2.53. The van der Waals surface area contributed by atoms with Gasteiger partial charge in [-0.15, -0.1) is 0 Å². The molecule has 0 radical (unpaired) electrons. The largest absolute Gasteiger partial charge is 0.496 e. The Morgan fingerprint density at radius 1 is 1.20 bits per heavy atom. The standard InChI is InChI=1S/C15H19NO4/c1-19-13-9-4-3-7-11(13)14(17)16-10-6-5-8-12(16)15(18)20-2/h3-4,7,9,12H,5-6,8,10H2,1-2H3. The number of ether oxygens (including phenoxy) is 2. The van der Waals surface area contributed by atoms with Crippen LogP contribution in [0, 0.1) is 0 Å². The van der Waals surface area contributed by atoms with E-state index in [4.69, 9.17) is 9.47 Å². The summed E-state index contributed by atoms with van der Waals surface area (Å²) < 4.78 is 10.0. The summed E-state index contributed by atoms with van der Waals surface area (Å²) >= 11 is 0. The van der Waals surface area contributed by atoms with Gasteiger partial charge in [-0.1, -0.05) is 12.1 Å². The van der Waals surface area contributed by atoms with Gasteiger partial charge in [0.2, 0.25) is 0 Å². The van der Waals surface area contributed by atoms with Crippen LogP contribution in [-0.2, 0) is 9.53 Å². The number of carbonyl (C=O) groups is 2. The van der Waals surface area contributed by atoms with Gasteiger partial charge in [-0.25, -0.2) is 4.79 Å². The van der Waals surface area contributed by atoms with Crippen LogP contribution < -0.4 is 4.74 Å². The highest BCUT2D eigenvalue weighted by Gasteiger charge is 2.34. The summed E-state index contributed by atoms with van der Waals surface area (Å²) in [6.07, 6.45) is 2.47. The van der Waals surface area contributed by atoms with Crippen molar-refractivity contribution in [1.82, 2.24) is 4.90 Å². The number of rotatable bonds is 3. The second-order valence-corrected chi connectivity index (χ2v) is 4.73. The average molecular weight is 277 g/mol. The summed E-state index contributed by atoms with van der Waals surface area (Å²) in [6, 6.07) is 6.55. The monoisotopic (exact) mass is 277 g/mol. The summed E-state index contributed by atoms with van der Waals surface area (Å²) in [7, 11) is 2.88. The van der Waals surface area contributed by atoms with Crippen LogP contribution in [0.25, 0.3) is 0 Å². The van der Waals surface area contributed by atoms with Crippen LogP contribution in [0.4, 0.5) is 0 Å². The fourth-order valence-electron chi connectivity index (χ4n) is 2.53. The lowest BCUT2D eigenvalue weighted by atomic mass is 10.0. The highest BCUT2D eigenvalue weighted by Crippen LogP contribution is 2.25. The van der Waals surface area contributed by atoms with E-state index in [1.54, 1.807) is 23.1 Å². The number of amides is 1. The van der Waals surface area contributed by atoms with E-state index >= 15 is 0 Å². The predicted octanol–water partition coefficient (Wildman–Crippen LogP) is 1.86. The Kier molecular flexibility index (Phi) is 4.61. The van der Waals surface area contributed by atoms with Crippen LogP contribution in [0.5, 0.6) is 5.75 Å². The zero-order valence-electron chi connectivity index (χ0n) is 11.8. The molecule has 20 heavy (non-hydrogen) atoms. The van der Waals surface area contributed by atoms with E-state index in [1.165, 1.54) is 14.2 Å². The normalized spacial score (nSPS) is 18.5. The molecule has 0 saturated carbocycles. The molecule has 2 rings (SSSR count). The highest BCUT2D eigenvalue weighted by molar-refractivity contribution is 5.99. The van der Waals surface area contributed by atoms with Crippen LogP contribution in [0.1, 0.15) is 29.6 Å². The first-order valence-corrected chi connectivity index (χ1v) is 6.71. The predicted molar refractivity (Wildman–Crippen MR) is 73.7 cm³/mol. The van der Waals surface area contributed by atoms with Crippen molar-refractivity contribution in [2.24, 2.45) is 0 Å². The number of nitrogens with zero attached hydrogens (tertiary/aromatic N) is 1. The van der Waals surface area contributed by atoms with Crippen LogP contribution in [0.3, 0.4) is 0 Å². The second-order valence-electron chi connectivity index (χ2n) is 4.73. The van der Waals surface area contributed by atoms with Gasteiger partial charge < -0.3 is 14.4 Å². The molecule has 1 saturated heterocycles. The van der Waals surface area contributed by atoms with E-state index in [2.05, 4.69) is 0 Å². The molecule has 1 aromatic rings. The maximum atomic E-state index is 12.6. The average Bonchev–Trinajstić information content (AvgIpc) is 2.53. The Labute approximate surface area is 118 Å². The minimum Gasteiger partial charge on any atom is -0.496 e. The molecule has 0 aliphatic carbocycles. The van der Waals surface area contributed by atoms with E-state index in [0.29, 0.717) is 24.3 Å². The zero-order chi connectivity index (χ0) is 14.5. The quantitative estimate of drug-likeness (QED) is 0.791. The van der Waals surface area contributed by atoms with Gasteiger partial charge in [-0.05, 0) is 31.4 Å². The number of methoxy groups -OCH3 is 2. The summed E-state index contributed by atoms with van der Waals surface area (Å²) in [5.74, 6) is -0.0165. The lowest BCUT2D eigenvalue weighted by Gasteiger charge is -2.34. The Hall–Kier alpha value is -2.04. The third-order valence-electron chi connectivity index (χ3n) is 3.57. The third-order valence-corrected chi connectivity index (χ3v) is 3.57. The van der Waals surface area contributed by atoms with Gasteiger partial charge in [0.1, 0.15) is 11.8 Å². The van der Waals surface area contributed by atoms with Crippen LogP contribution in [0.2, 0.25) is 0 Å². The molecular weight excluding hydrogens is 258 g/mol. The van der Waals surface area contributed by atoms with E-state index < -0.39 is 6.04 Å². The van der Waals surface area contributed by atoms with Gasteiger partial charge in [-0.3, -0.25) is 4.79 Å². The topological polar surface area (TPSA) is 55.8 Å². The Morgan fingerprint density at radius 3 is 2.65 bits per heavy atom. The van der Waals surface area contributed by atoms with Crippen LogP contribution in [0.15, 0.2) is 24.3 Å². The zero-order valence-corrected chi connectivity index (χ0v) is 11.8. The van der Waals surface area contributed by atoms with E-state index in [0.717, 1.165) is 12.8 Å². The number of carbonyl (C=O) groups excluding carboxylic acids is 2. The first-order valence-electron chi connectivity index (χ1n) is 6.71. The van der Waals surface area contributed by atoms with Gasteiger partial charge in [0.15, 0.2) is 0 Å². The molecule has 5 heteroatoms. The van der Waals surface area contributed by atoms with Gasteiger partial charge in [-0.2, -0.15) is 0 Å². The summed E-state index contributed by atoms with van der Waals surface area (Å²) in [5.41, 5.74) is 0.478. The lowest BCUT2D eigenvalue weighted by molar-refractivity contribution is -0.147. The van der Waals surface area contributed by atoms with Crippen molar-refractivity contribution in [1.29, 1.82) is 0 Å². The maximum Gasteiger partial charge on any atom is 0.328 e.